The van der Waals surface area contributed by atoms with E-state index in [1.807, 2.05) is 13.8 Å². The number of nitrogens with two attached hydrogens (primary N) is 1. The van der Waals surface area contributed by atoms with Gasteiger partial charge in [0.05, 0.1) is 5.02 Å². The van der Waals surface area contributed by atoms with Crippen molar-refractivity contribution in [2.75, 3.05) is 18.8 Å². The summed E-state index contributed by atoms with van der Waals surface area (Å²) in [7, 11) is -3.78. The fourth-order valence-electron chi connectivity index (χ4n) is 1.51. The summed E-state index contributed by atoms with van der Waals surface area (Å²) in [6, 6.07) is 4.21. The maximum atomic E-state index is 12.1. The highest BCUT2D eigenvalue weighted by Crippen LogP contribution is 2.23. The third-order valence-electron chi connectivity index (χ3n) is 2.60. The predicted molar refractivity (Wildman–Crippen MR) is 83.5 cm³/mol. The van der Waals surface area contributed by atoms with Crippen LogP contribution < -0.4 is 15.8 Å². The molecule has 0 heterocycles. The molecule has 0 atom stereocenters. The van der Waals surface area contributed by atoms with E-state index >= 15 is 0 Å². The molecule has 1 aromatic rings. The lowest BCUT2D eigenvalue weighted by Gasteiger charge is -2.10. The van der Waals surface area contributed by atoms with Crippen molar-refractivity contribution in [3.63, 3.8) is 0 Å². The summed E-state index contributed by atoms with van der Waals surface area (Å²) in [4.78, 5) is 11.4. The summed E-state index contributed by atoms with van der Waals surface area (Å²) in [5.41, 5.74) is 5.85. The molecule has 0 fully saturated rings. The lowest BCUT2D eigenvalue weighted by Crippen LogP contribution is -2.32. The Kier molecular flexibility index (Phi) is 6.44. The zero-order valence-corrected chi connectivity index (χ0v) is 13.6. The van der Waals surface area contributed by atoms with Crippen LogP contribution in [0.1, 0.15) is 20.3 Å². The zero-order valence-electron chi connectivity index (χ0n) is 12.0. The molecule has 0 aliphatic rings. The lowest BCUT2D eigenvalue weighted by molar-refractivity contribution is -0.121. The number of benzene rings is 1. The average molecular weight is 334 g/mol. The van der Waals surface area contributed by atoms with Crippen LogP contribution >= 0.6 is 11.6 Å². The normalized spacial score (nSPS) is 11.6. The second-order valence-electron chi connectivity index (χ2n) is 5.04. The molecular formula is C13H20ClN3O3S. The molecule has 0 unspecified atom stereocenters. The van der Waals surface area contributed by atoms with Crippen LogP contribution in [-0.2, 0) is 14.8 Å². The molecule has 0 saturated heterocycles. The Bertz CT molecular complexity index is 603. The molecular weight excluding hydrogens is 314 g/mol. The van der Waals surface area contributed by atoms with Crippen LogP contribution in [0.5, 0.6) is 0 Å². The first-order valence-electron chi connectivity index (χ1n) is 6.54. The summed E-state index contributed by atoms with van der Waals surface area (Å²) < 4.78 is 26.5. The van der Waals surface area contributed by atoms with Crippen molar-refractivity contribution in [3.8, 4) is 0 Å². The van der Waals surface area contributed by atoms with Gasteiger partial charge in [0.15, 0.2) is 0 Å². The van der Waals surface area contributed by atoms with Gasteiger partial charge in [-0.25, -0.2) is 13.1 Å². The minimum atomic E-state index is -3.78. The number of carbonyl (C=O) groups excluding carboxylic acids is 1. The maximum absolute atomic E-state index is 12.1. The molecule has 4 N–H and O–H groups in total. The molecule has 0 bridgehead atoms. The second kappa shape index (κ2) is 7.63. The number of nitrogens with one attached hydrogen (secondary N) is 2. The van der Waals surface area contributed by atoms with Gasteiger partial charge in [-0.2, -0.15) is 0 Å². The van der Waals surface area contributed by atoms with Crippen molar-refractivity contribution < 1.29 is 13.2 Å². The number of amides is 1. The fraction of sp³-hybridized carbons (Fsp3) is 0.462. The Labute approximate surface area is 130 Å². The summed E-state index contributed by atoms with van der Waals surface area (Å²) in [5.74, 6) is 0.141. The summed E-state index contributed by atoms with van der Waals surface area (Å²) in [6.45, 7) is 4.51. The van der Waals surface area contributed by atoms with Gasteiger partial charge in [-0.15, -0.1) is 0 Å². The van der Waals surface area contributed by atoms with E-state index in [0.29, 0.717) is 18.2 Å². The van der Waals surface area contributed by atoms with E-state index < -0.39 is 10.0 Å². The van der Waals surface area contributed by atoms with Gasteiger partial charge < -0.3 is 11.1 Å². The summed E-state index contributed by atoms with van der Waals surface area (Å²) in [5, 5.41) is 2.79. The van der Waals surface area contributed by atoms with E-state index in [9.17, 15) is 13.2 Å². The number of sulfonamides is 1. The van der Waals surface area contributed by atoms with E-state index in [2.05, 4.69) is 10.0 Å². The second-order valence-corrected chi connectivity index (χ2v) is 7.18. The number of nitrogen functional groups attached to an aromatic ring is 1. The van der Waals surface area contributed by atoms with Gasteiger partial charge in [-0.3, -0.25) is 4.79 Å². The summed E-state index contributed by atoms with van der Waals surface area (Å²) in [6.07, 6.45) is 0.0614. The number of carbonyl (C=O) groups is 1. The molecule has 0 radical (unpaired) electrons. The van der Waals surface area contributed by atoms with Crippen LogP contribution in [0.15, 0.2) is 23.1 Å². The fourth-order valence-corrected chi connectivity index (χ4v) is 3.07. The average Bonchev–Trinajstić information content (AvgIpc) is 2.39. The van der Waals surface area contributed by atoms with E-state index in [0.717, 1.165) is 0 Å². The summed E-state index contributed by atoms with van der Waals surface area (Å²) >= 11 is 5.85. The number of anilines is 1. The number of hydrogen-bond acceptors (Lipinski definition) is 4. The van der Waals surface area contributed by atoms with E-state index in [4.69, 9.17) is 17.3 Å². The highest BCUT2D eigenvalue weighted by molar-refractivity contribution is 7.89. The molecule has 0 aromatic heterocycles. The first-order valence-corrected chi connectivity index (χ1v) is 8.40. The van der Waals surface area contributed by atoms with Gasteiger partial charge in [0.2, 0.25) is 15.9 Å². The quantitative estimate of drug-likeness (QED) is 0.656. The Hall–Kier alpha value is -1.31. The van der Waals surface area contributed by atoms with E-state index in [-0.39, 0.29) is 28.8 Å². The van der Waals surface area contributed by atoms with Crippen molar-refractivity contribution in [2.24, 2.45) is 5.92 Å². The first kappa shape index (κ1) is 17.7. The monoisotopic (exact) mass is 333 g/mol. The molecule has 1 amide bonds. The highest BCUT2D eigenvalue weighted by atomic mass is 35.5. The molecule has 1 aromatic carbocycles. The van der Waals surface area contributed by atoms with Crippen molar-refractivity contribution in [2.45, 2.75) is 25.2 Å². The third kappa shape index (κ3) is 5.91. The topological polar surface area (TPSA) is 101 Å². The molecule has 21 heavy (non-hydrogen) atoms. The van der Waals surface area contributed by atoms with Crippen molar-refractivity contribution in [1.82, 2.24) is 10.0 Å². The van der Waals surface area contributed by atoms with Crippen LogP contribution in [-0.4, -0.2) is 27.4 Å². The van der Waals surface area contributed by atoms with Gasteiger partial charge >= 0.3 is 0 Å². The Balaban J connectivity index is 2.58. The van der Waals surface area contributed by atoms with Crippen LogP contribution in [0.4, 0.5) is 5.69 Å². The number of halogens is 1. The molecule has 0 spiro atoms. The lowest BCUT2D eigenvalue weighted by atomic mass is 10.2. The van der Waals surface area contributed by atoms with E-state index in [1.165, 1.54) is 18.2 Å². The van der Waals surface area contributed by atoms with Crippen molar-refractivity contribution in [3.05, 3.63) is 23.2 Å². The van der Waals surface area contributed by atoms with E-state index in [1.54, 1.807) is 0 Å². The van der Waals surface area contributed by atoms with Gasteiger partial charge in [0.1, 0.15) is 4.90 Å². The number of rotatable bonds is 7. The van der Waals surface area contributed by atoms with Gasteiger partial charge in [0, 0.05) is 25.2 Å². The van der Waals surface area contributed by atoms with Crippen molar-refractivity contribution in [1.29, 1.82) is 0 Å². The van der Waals surface area contributed by atoms with Gasteiger partial charge in [0.25, 0.3) is 0 Å². The molecule has 6 nitrogen and oxygen atoms in total. The van der Waals surface area contributed by atoms with Gasteiger partial charge in [-0.1, -0.05) is 25.4 Å². The third-order valence-corrected chi connectivity index (χ3v) is 4.54. The zero-order chi connectivity index (χ0) is 16.0. The largest absolute Gasteiger partial charge is 0.399 e. The SMILES string of the molecule is CC(C)CNC(=O)CCNS(=O)(=O)c1cc(N)ccc1Cl. The molecule has 0 saturated carbocycles. The standard InChI is InChI=1S/C13H20ClN3O3S/c1-9(2)8-16-13(18)5-6-17-21(19,20)12-7-10(15)3-4-11(12)14/h3-4,7,9,17H,5-6,8,15H2,1-2H3,(H,16,18). The van der Waals surface area contributed by atoms with Crippen LogP contribution in [0.3, 0.4) is 0 Å². The maximum Gasteiger partial charge on any atom is 0.242 e. The molecule has 0 aliphatic carbocycles. The van der Waals surface area contributed by atoms with Crippen LogP contribution in [0, 0.1) is 5.92 Å². The smallest absolute Gasteiger partial charge is 0.242 e. The highest BCUT2D eigenvalue weighted by Gasteiger charge is 2.18. The van der Waals surface area contributed by atoms with Gasteiger partial charge in [-0.05, 0) is 24.1 Å². The predicted octanol–water partition coefficient (Wildman–Crippen LogP) is 1.36. The Morgan fingerprint density at radius 1 is 1.38 bits per heavy atom. The Morgan fingerprint density at radius 2 is 2.05 bits per heavy atom. The molecule has 0 aliphatic heterocycles. The molecule has 118 valence electrons. The van der Waals surface area contributed by atoms with Crippen LogP contribution in [0.2, 0.25) is 5.02 Å². The Morgan fingerprint density at radius 3 is 2.67 bits per heavy atom. The minimum absolute atomic E-state index is 0.00259. The van der Waals surface area contributed by atoms with Crippen molar-refractivity contribution >= 4 is 33.2 Å². The number of hydrogen-bond donors (Lipinski definition) is 3. The molecule has 1 rings (SSSR count). The van der Waals surface area contributed by atoms with Crippen LogP contribution in [0.25, 0.3) is 0 Å². The minimum Gasteiger partial charge on any atom is -0.399 e. The first-order chi connectivity index (χ1) is 9.72. The molecule has 8 heteroatoms.